The molecule has 1 aliphatic heterocycles. The van der Waals surface area contributed by atoms with E-state index in [0.29, 0.717) is 12.2 Å². The normalized spacial score (nSPS) is 16.5. The van der Waals surface area contributed by atoms with E-state index in [1.807, 2.05) is 18.2 Å². The highest BCUT2D eigenvalue weighted by Crippen LogP contribution is 2.26. The van der Waals surface area contributed by atoms with Crippen LogP contribution in [-0.4, -0.2) is 72.3 Å². The Morgan fingerprint density at radius 3 is 2.50 bits per heavy atom. The monoisotopic (exact) mass is 383 g/mol. The number of nitrogens with zero attached hydrogens (tertiary/aromatic N) is 4. The van der Waals surface area contributed by atoms with E-state index in [1.54, 1.807) is 12.1 Å². The quantitative estimate of drug-likeness (QED) is 0.742. The molecule has 3 rings (SSSR count). The van der Waals surface area contributed by atoms with E-state index in [0.717, 1.165) is 31.7 Å². The molecule has 1 aromatic carbocycles. The van der Waals surface area contributed by atoms with Crippen molar-refractivity contribution in [1.82, 2.24) is 14.4 Å². The molecule has 1 aliphatic rings. The van der Waals surface area contributed by atoms with Crippen molar-refractivity contribution >= 4 is 11.7 Å². The van der Waals surface area contributed by atoms with E-state index in [2.05, 4.69) is 16.8 Å². The number of hydrogen-bond donors (Lipinski definition) is 2. The first-order valence-electron chi connectivity index (χ1n) is 9.13. The molecule has 3 N–H and O–H groups in total. The number of aliphatic hydroxyl groups excluding tert-OH is 1. The molecule has 1 aromatic heterocycles. The van der Waals surface area contributed by atoms with Gasteiger partial charge < -0.3 is 25.0 Å². The Hall–Kier alpha value is -2.86. The zero-order chi connectivity index (χ0) is 20.3. The number of esters is 1. The van der Waals surface area contributed by atoms with Gasteiger partial charge in [0.15, 0.2) is 5.69 Å². The SMILES string of the molecule is COC(=O)c1c(N)c(C#N)cn1-c1ccc(C(O)CN2CCN(C)CC2)cc1. The first-order chi connectivity index (χ1) is 13.4. The molecular formula is C20H25N5O3. The van der Waals surface area contributed by atoms with Crippen molar-refractivity contribution in [2.45, 2.75) is 6.10 Å². The zero-order valence-corrected chi connectivity index (χ0v) is 16.1. The summed E-state index contributed by atoms with van der Waals surface area (Å²) in [4.78, 5) is 16.6. The third-order valence-corrected chi connectivity index (χ3v) is 5.13. The second-order valence-electron chi connectivity index (χ2n) is 6.99. The first kappa shape index (κ1) is 19.9. The Morgan fingerprint density at radius 2 is 1.93 bits per heavy atom. The second kappa shape index (κ2) is 8.44. The summed E-state index contributed by atoms with van der Waals surface area (Å²) in [7, 11) is 3.36. The molecule has 1 fully saturated rings. The fourth-order valence-corrected chi connectivity index (χ4v) is 3.36. The number of ether oxygens (including phenoxy) is 1. The molecule has 2 aromatic rings. The third-order valence-electron chi connectivity index (χ3n) is 5.13. The minimum atomic E-state index is -0.613. The van der Waals surface area contributed by atoms with Gasteiger partial charge in [0.25, 0.3) is 0 Å². The summed E-state index contributed by atoms with van der Waals surface area (Å²) in [5.74, 6) is -0.613. The Bertz CT molecular complexity index is 876. The molecular weight excluding hydrogens is 358 g/mol. The number of aliphatic hydroxyl groups is 1. The van der Waals surface area contributed by atoms with Gasteiger partial charge >= 0.3 is 5.97 Å². The smallest absolute Gasteiger partial charge is 0.357 e. The van der Waals surface area contributed by atoms with Crippen molar-refractivity contribution in [2.24, 2.45) is 0 Å². The number of nitriles is 1. The van der Waals surface area contributed by atoms with Crippen LogP contribution in [0.1, 0.15) is 27.7 Å². The van der Waals surface area contributed by atoms with Crippen LogP contribution in [0, 0.1) is 11.3 Å². The molecule has 0 radical (unpaired) electrons. The number of nitrogens with two attached hydrogens (primary N) is 1. The molecule has 0 amide bonds. The third kappa shape index (κ3) is 4.02. The van der Waals surface area contributed by atoms with Crippen molar-refractivity contribution in [3.63, 3.8) is 0 Å². The number of anilines is 1. The maximum absolute atomic E-state index is 12.1. The van der Waals surface area contributed by atoms with Crippen molar-refractivity contribution in [3.05, 3.63) is 47.3 Å². The largest absolute Gasteiger partial charge is 0.464 e. The molecule has 2 heterocycles. The average molecular weight is 383 g/mol. The van der Waals surface area contributed by atoms with Crippen LogP contribution >= 0.6 is 0 Å². The number of piperazine rings is 1. The van der Waals surface area contributed by atoms with E-state index in [-0.39, 0.29) is 16.9 Å². The number of aromatic nitrogens is 1. The van der Waals surface area contributed by atoms with Gasteiger partial charge in [-0.2, -0.15) is 5.26 Å². The standard InChI is InChI=1S/C20H25N5O3/c1-23-7-9-24(10-8-23)13-17(26)14-3-5-16(6-4-14)25-12-15(11-21)18(22)19(25)20(27)28-2/h3-6,12,17,26H,7-10,13,22H2,1-2H3. The lowest BCUT2D eigenvalue weighted by molar-refractivity contribution is 0.0593. The number of nitrogen functional groups attached to an aromatic ring is 1. The zero-order valence-electron chi connectivity index (χ0n) is 16.1. The molecule has 0 bridgehead atoms. The van der Waals surface area contributed by atoms with Gasteiger partial charge in [-0.3, -0.25) is 4.90 Å². The summed E-state index contributed by atoms with van der Waals surface area (Å²) in [6, 6.07) is 9.19. The van der Waals surface area contributed by atoms with Gasteiger partial charge in [0.1, 0.15) is 6.07 Å². The number of hydrogen-bond acceptors (Lipinski definition) is 7. The molecule has 1 saturated heterocycles. The van der Waals surface area contributed by atoms with E-state index >= 15 is 0 Å². The van der Waals surface area contributed by atoms with Crippen LogP contribution in [-0.2, 0) is 4.74 Å². The second-order valence-corrected chi connectivity index (χ2v) is 6.99. The molecule has 0 spiro atoms. The first-order valence-corrected chi connectivity index (χ1v) is 9.13. The minimum Gasteiger partial charge on any atom is -0.464 e. The van der Waals surface area contributed by atoms with Crippen LogP contribution in [0.4, 0.5) is 5.69 Å². The van der Waals surface area contributed by atoms with E-state index < -0.39 is 12.1 Å². The van der Waals surface area contributed by atoms with Gasteiger partial charge in [-0.25, -0.2) is 4.79 Å². The molecule has 8 heteroatoms. The lowest BCUT2D eigenvalue weighted by Crippen LogP contribution is -2.45. The number of rotatable bonds is 5. The predicted molar refractivity (Wildman–Crippen MR) is 105 cm³/mol. The Balaban J connectivity index is 1.79. The van der Waals surface area contributed by atoms with E-state index in [9.17, 15) is 15.2 Å². The Kier molecular flexibility index (Phi) is 5.99. The Labute approximate surface area is 164 Å². The molecule has 1 unspecified atom stereocenters. The lowest BCUT2D eigenvalue weighted by Gasteiger charge is -2.33. The van der Waals surface area contributed by atoms with Crippen LogP contribution in [0.25, 0.3) is 5.69 Å². The number of carbonyl (C=O) groups excluding carboxylic acids is 1. The minimum absolute atomic E-state index is 0.0912. The van der Waals surface area contributed by atoms with E-state index in [1.165, 1.54) is 17.9 Å². The summed E-state index contributed by atoms with van der Waals surface area (Å²) in [6.07, 6.45) is 0.916. The maximum atomic E-state index is 12.1. The van der Waals surface area contributed by atoms with Crippen LogP contribution in [0.5, 0.6) is 0 Å². The highest BCUT2D eigenvalue weighted by molar-refractivity contribution is 5.95. The molecule has 28 heavy (non-hydrogen) atoms. The molecule has 8 nitrogen and oxygen atoms in total. The van der Waals surface area contributed by atoms with Crippen molar-refractivity contribution < 1.29 is 14.6 Å². The molecule has 148 valence electrons. The molecule has 1 atom stereocenters. The van der Waals surface area contributed by atoms with Gasteiger partial charge in [-0.1, -0.05) is 12.1 Å². The van der Waals surface area contributed by atoms with Crippen LogP contribution in [0.3, 0.4) is 0 Å². The van der Waals surface area contributed by atoms with Crippen LogP contribution < -0.4 is 5.73 Å². The summed E-state index contributed by atoms with van der Waals surface area (Å²) in [6.45, 7) is 4.45. The topological polar surface area (TPSA) is 108 Å². The number of β-amino-alcohol motifs (C(OH)–C–C–N with tert-alkyl or cyclic N) is 1. The lowest BCUT2D eigenvalue weighted by atomic mass is 10.1. The number of benzene rings is 1. The average Bonchev–Trinajstić information content (AvgIpc) is 3.05. The maximum Gasteiger partial charge on any atom is 0.357 e. The van der Waals surface area contributed by atoms with Crippen molar-refractivity contribution in [1.29, 1.82) is 5.26 Å². The highest BCUT2D eigenvalue weighted by atomic mass is 16.5. The number of methoxy groups -OCH3 is 1. The fourth-order valence-electron chi connectivity index (χ4n) is 3.36. The fraction of sp³-hybridized carbons (Fsp3) is 0.400. The highest BCUT2D eigenvalue weighted by Gasteiger charge is 2.22. The summed E-state index contributed by atoms with van der Waals surface area (Å²) < 4.78 is 6.33. The van der Waals surface area contributed by atoms with Crippen LogP contribution in [0.2, 0.25) is 0 Å². The Morgan fingerprint density at radius 1 is 1.29 bits per heavy atom. The summed E-state index contributed by atoms with van der Waals surface area (Å²) in [5, 5.41) is 19.8. The van der Waals surface area contributed by atoms with E-state index in [4.69, 9.17) is 10.5 Å². The predicted octanol–water partition coefficient (Wildman–Crippen LogP) is 0.999. The van der Waals surface area contributed by atoms with Gasteiger partial charge in [-0.05, 0) is 24.7 Å². The van der Waals surface area contributed by atoms with Crippen molar-refractivity contribution in [2.75, 3.05) is 52.6 Å². The van der Waals surface area contributed by atoms with Gasteiger partial charge in [-0.15, -0.1) is 0 Å². The number of carbonyl (C=O) groups is 1. The van der Waals surface area contributed by atoms with Gasteiger partial charge in [0, 0.05) is 44.6 Å². The summed E-state index contributed by atoms with van der Waals surface area (Å²) >= 11 is 0. The molecule has 0 saturated carbocycles. The van der Waals surface area contributed by atoms with Gasteiger partial charge in [0.05, 0.1) is 24.5 Å². The van der Waals surface area contributed by atoms with Gasteiger partial charge in [0.2, 0.25) is 0 Å². The number of likely N-dealkylation sites (N-methyl/N-ethyl adjacent to an activating group) is 1. The molecule has 0 aliphatic carbocycles. The van der Waals surface area contributed by atoms with Crippen molar-refractivity contribution in [3.8, 4) is 11.8 Å². The van der Waals surface area contributed by atoms with Crippen LogP contribution in [0.15, 0.2) is 30.5 Å². The summed E-state index contributed by atoms with van der Waals surface area (Å²) in [5.41, 5.74) is 7.79.